The Labute approximate surface area is 166 Å². The zero-order valence-electron chi connectivity index (χ0n) is 15.7. The van der Waals surface area contributed by atoms with Gasteiger partial charge in [-0.15, -0.1) is 0 Å². The third-order valence-corrected chi connectivity index (χ3v) is 3.77. The van der Waals surface area contributed by atoms with E-state index >= 15 is 0 Å². The number of carboxylic acid groups (broad SMARTS) is 1. The number of phenols is 1. The number of anilines is 1. The number of rotatable bonds is 8. The molecule has 29 heavy (non-hydrogen) atoms. The van der Waals surface area contributed by atoms with Crippen LogP contribution in [0, 0.1) is 0 Å². The molecule has 0 aliphatic heterocycles. The first-order chi connectivity index (χ1) is 13.7. The molecule has 0 heterocycles. The minimum atomic E-state index is -1.29. The normalized spacial score (nSPS) is 10.9. The molecule has 0 atom stereocenters. The number of aliphatic hydroxyl groups is 1. The summed E-state index contributed by atoms with van der Waals surface area (Å²) in [6.45, 7) is -0.694. The lowest BCUT2D eigenvalue weighted by Gasteiger charge is -2.19. The molecule has 0 spiro atoms. The number of ether oxygens (including phenoxy) is 1. The van der Waals surface area contributed by atoms with E-state index in [2.05, 4.69) is 0 Å². The highest BCUT2D eigenvalue weighted by molar-refractivity contribution is 6.27. The summed E-state index contributed by atoms with van der Waals surface area (Å²) in [5.41, 5.74) is -0.0990. The summed E-state index contributed by atoms with van der Waals surface area (Å²) in [6, 6.07) is 10.7. The predicted molar refractivity (Wildman–Crippen MR) is 105 cm³/mol. The first-order valence-corrected chi connectivity index (χ1v) is 8.40. The monoisotopic (exact) mass is 400 g/mol. The number of aliphatic hydroxyl groups excluding tert-OH is 1. The lowest BCUT2D eigenvalue weighted by atomic mass is 10.0. The minimum Gasteiger partial charge on any atom is -0.515 e. The quantitative estimate of drug-likeness (QED) is 0.174. The number of benzene rings is 2. The molecule has 1 amide bonds. The number of nitrogens with one attached hydrogen (secondary N) is 1. The number of nitrogens with zero attached hydrogens (tertiary/aromatic N) is 1. The highest BCUT2D eigenvalue weighted by Crippen LogP contribution is 2.31. The SMILES string of the molecule is CN(C)c1cc(Oc2cccc(O)c2)ccc1C(=O)C(=CO)C(=O)NCC(=O)O. The van der Waals surface area contributed by atoms with Crippen LogP contribution in [-0.2, 0) is 9.59 Å². The van der Waals surface area contributed by atoms with Gasteiger partial charge in [-0.3, -0.25) is 14.4 Å². The maximum absolute atomic E-state index is 12.8. The van der Waals surface area contributed by atoms with Crippen LogP contribution in [-0.4, -0.2) is 53.6 Å². The predicted octanol–water partition coefficient (Wildman–Crippen LogP) is 2.08. The lowest BCUT2D eigenvalue weighted by Crippen LogP contribution is -2.33. The molecule has 0 unspecified atom stereocenters. The van der Waals surface area contributed by atoms with Gasteiger partial charge in [0, 0.05) is 31.8 Å². The van der Waals surface area contributed by atoms with Crippen LogP contribution in [0.15, 0.2) is 54.3 Å². The molecule has 0 saturated carbocycles. The minimum absolute atomic E-state index is 0.0345. The number of hydrogen-bond donors (Lipinski definition) is 4. The lowest BCUT2D eigenvalue weighted by molar-refractivity contribution is -0.137. The second-order valence-corrected chi connectivity index (χ2v) is 6.12. The molecule has 0 radical (unpaired) electrons. The molecule has 0 aliphatic carbocycles. The molecule has 0 aliphatic rings. The number of Topliss-reactive ketones (excluding diaryl/α,β-unsaturated/α-hetero) is 1. The van der Waals surface area contributed by atoms with Crippen molar-refractivity contribution in [2.45, 2.75) is 0 Å². The number of aromatic hydroxyl groups is 1. The molecule has 2 aromatic rings. The van der Waals surface area contributed by atoms with Crippen LogP contribution in [0.5, 0.6) is 17.2 Å². The summed E-state index contributed by atoms with van der Waals surface area (Å²) < 4.78 is 5.68. The highest BCUT2D eigenvalue weighted by Gasteiger charge is 2.24. The summed E-state index contributed by atoms with van der Waals surface area (Å²) in [4.78, 5) is 37.0. The van der Waals surface area contributed by atoms with Crippen molar-refractivity contribution in [1.82, 2.24) is 5.32 Å². The smallest absolute Gasteiger partial charge is 0.322 e. The molecule has 0 fully saturated rings. The van der Waals surface area contributed by atoms with Crippen LogP contribution in [0.2, 0.25) is 0 Å². The van der Waals surface area contributed by atoms with E-state index in [1.165, 1.54) is 24.3 Å². The molecule has 2 aromatic carbocycles. The summed E-state index contributed by atoms with van der Waals surface area (Å²) in [5, 5.41) is 29.5. The van der Waals surface area contributed by atoms with Gasteiger partial charge in [0.25, 0.3) is 5.91 Å². The molecular weight excluding hydrogens is 380 g/mol. The molecule has 0 bridgehead atoms. The van der Waals surface area contributed by atoms with Gasteiger partial charge in [0.15, 0.2) is 0 Å². The topological polar surface area (TPSA) is 136 Å². The number of phenolic OH excluding ortho intramolecular Hbond substituents is 1. The summed E-state index contributed by atoms with van der Waals surface area (Å²) in [6.07, 6.45) is 0.343. The maximum Gasteiger partial charge on any atom is 0.322 e. The number of carbonyl (C=O) groups excluding carboxylic acids is 2. The standard InChI is InChI=1S/C20H20N2O7/c1-22(2)17-9-14(29-13-5-3-4-12(24)8-13)6-7-15(17)19(27)16(11-23)20(28)21-10-18(25)26/h3-9,11,23-24H,10H2,1-2H3,(H,21,28)(H,25,26). The molecule has 9 heteroatoms. The van der Waals surface area contributed by atoms with Crippen LogP contribution in [0.25, 0.3) is 0 Å². The molecule has 0 aromatic heterocycles. The Balaban J connectivity index is 2.33. The van der Waals surface area contributed by atoms with Crippen molar-refractivity contribution in [3.8, 4) is 17.2 Å². The van der Waals surface area contributed by atoms with Crippen molar-refractivity contribution in [3.05, 3.63) is 59.9 Å². The molecule has 0 saturated heterocycles. The van der Waals surface area contributed by atoms with Crippen molar-refractivity contribution in [2.24, 2.45) is 0 Å². The Kier molecular flexibility index (Phi) is 6.80. The van der Waals surface area contributed by atoms with E-state index in [4.69, 9.17) is 9.84 Å². The fourth-order valence-corrected chi connectivity index (χ4v) is 2.44. The highest BCUT2D eigenvalue weighted by atomic mass is 16.5. The van der Waals surface area contributed by atoms with Gasteiger partial charge < -0.3 is 30.3 Å². The van der Waals surface area contributed by atoms with Gasteiger partial charge in [-0.1, -0.05) is 6.07 Å². The molecule has 2 rings (SSSR count). The number of aliphatic carboxylic acids is 1. The zero-order valence-corrected chi connectivity index (χ0v) is 15.7. The zero-order chi connectivity index (χ0) is 21.6. The van der Waals surface area contributed by atoms with Crippen LogP contribution < -0.4 is 15.0 Å². The van der Waals surface area contributed by atoms with Crippen molar-refractivity contribution in [3.63, 3.8) is 0 Å². The van der Waals surface area contributed by atoms with Crippen LogP contribution in [0.1, 0.15) is 10.4 Å². The van der Waals surface area contributed by atoms with E-state index in [1.807, 2.05) is 5.32 Å². The first kappa shape index (κ1) is 21.3. The summed E-state index contributed by atoms with van der Waals surface area (Å²) >= 11 is 0. The van der Waals surface area contributed by atoms with Gasteiger partial charge in [-0.05, 0) is 24.3 Å². The summed E-state index contributed by atoms with van der Waals surface area (Å²) in [5.74, 6) is -2.29. The third kappa shape index (κ3) is 5.48. The van der Waals surface area contributed by atoms with E-state index in [0.717, 1.165) is 0 Å². The second-order valence-electron chi connectivity index (χ2n) is 6.12. The molecular formula is C20H20N2O7. The Hall–Kier alpha value is -4.01. The largest absolute Gasteiger partial charge is 0.515 e. The Morgan fingerprint density at radius 1 is 1.10 bits per heavy atom. The third-order valence-electron chi connectivity index (χ3n) is 3.77. The maximum atomic E-state index is 12.8. The van der Waals surface area contributed by atoms with E-state index in [9.17, 15) is 24.6 Å². The molecule has 4 N–H and O–H groups in total. The number of amides is 1. The van der Waals surface area contributed by atoms with E-state index < -0.39 is 29.8 Å². The number of ketones is 1. The van der Waals surface area contributed by atoms with Gasteiger partial charge in [0.1, 0.15) is 29.4 Å². The van der Waals surface area contributed by atoms with Gasteiger partial charge in [-0.2, -0.15) is 0 Å². The van der Waals surface area contributed by atoms with Crippen LogP contribution in [0.3, 0.4) is 0 Å². The fraction of sp³-hybridized carbons (Fsp3) is 0.150. The number of hydrogen-bond acceptors (Lipinski definition) is 7. The van der Waals surface area contributed by atoms with Crippen molar-refractivity contribution in [2.75, 3.05) is 25.5 Å². The van der Waals surface area contributed by atoms with Crippen molar-refractivity contribution >= 4 is 23.3 Å². The van der Waals surface area contributed by atoms with Crippen LogP contribution >= 0.6 is 0 Å². The summed E-state index contributed by atoms with van der Waals surface area (Å²) in [7, 11) is 3.36. The molecule has 9 nitrogen and oxygen atoms in total. The number of carbonyl (C=O) groups is 3. The average Bonchev–Trinajstić information content (AvgIpc) is 2.66. The van der Waals surface area contributed by atoms with E-state index in [1.54, 1.807) is 37.2 Å². The van der Waals surface area contributed by atoms with Gasteiger partial charge >= 0.3 is 5.97 Å². The van der Waals surface area contributed by atoms with Crippen molar-refractivity contribution < 1.29 is 34.4 Å². The Morgan fingerprint density at radius 3 is 2.38 bits per heavy atom. The average molecular weight is 400 g/mol. The Bertz CT molecular complexity index is 967. The fourth-order valence-electron chi connectivity index (χ4n) is 2.44. The van der Waals surface area contributed by atoms with Gasteiger partial charge in [-0.25, -0.2) is 0 Å². The Morgan fingerprint density at radius 2 is 1.79 bits per heavy atom. The van der Waals surface area contributed by atoms with Crippen molar-refractivity contribution in [1.29, 1.82) is 0 Å². The first-order valence-electron chi connectivity index (χ1n) is 8.40. The second kappa shape index (κ2) is 9.27. The molecule has 152 valence electrons. The van der Waals surface area contributed by atoms with Gasteiger partial charge in [0.2, 0.25) is 5.78 Å². The number of carboxylic acids is 1. The van der Waals surface area contributed by atoms with Gasteiger partial charge in [0.05, 0.1) is 11.9 Å². The van der Waals surface area contributed by atoms with E-state index in [-0.39, 0.29) is 11.3 Å². The van der Waals surface area contributed by atoms with E-state index in [0.29, 0.717) is 23.4 Å². The van der Waals surface area contributed by atoms with Crippen LogP contribution in [0.4, 0.5) is 5.69 Å².